The standard InChI is InChI=1S/C30H26O12/c31-13-7-20(37)24-23(8-13)41-29(12-2-4-16(33)19(36)6-12)27(40)26(24)25-21(38)10-17(34)14-9-22(39)28(42-30(14)25)11-1-3-15(32)18(35)5-11/h1-8,10,22,26-29,31-40H,9H2/t22-,26-,27+,28-,29-/m1/s1. The molecule has 218 valence electrons. The summed E-state index contributed by atoms with van der Waals surface area (Å²) in [6.07, 6.45) is -5.43. The van der Waals surface area contributed by atoms with E-state index in [1.807, 2.05) is 0 Å². The zero-order valence-corrected chi connectivity index (χ0v) is 21.6. The van der Waals surface area contributed by atoms with Gasteiger partial charge in [0.15, 0.2) is 29.1 Å². The summed E-state index contributed by atoms with van der Waals surface area (Å²) < 4.78 is 12.1. The van der Waals surface area contributed by atoms with Crippen LogP contribution in [0, 0.1) is 0 Å². The first-order chi connectivity index (χ1) is 19.9. The van der Waals surface area contributed by atoms with Crippen molar-refractivity contribution < 1.29 is 60.5 Å². The molecule has 0 bridgehead atoms. The summed E-state index contributed by atoms with van der Waals surface area (Å²) >= 11 is 0. The Morgan fingerprint density at radius 1 is 0.548 bits per heavy atom. The molecule has 0 saturated carbocycles. The van der Waals surface area contributed by atoms with Gasteiger partial charge in [0.1, 0.15) is 46.7 Å². The fourth-order valence-corrected chi connectivity index (χ4v) is 5.71. The highest BCUT2D eigenvalue weighted by Crippen LogP contribution is 2.57. The number of aliphatic hydroxyl groups excluding tert-OH is 2. The maximum atomic E-state index is 11.8. The molecule has 0 radical (unpaired) electrons. The SMILES string of the molecule is Oc1cc(O)c2c(c1)O[C@H](c1ccc(O)c(O)c1)[C@@H](O)[C@H]2c1c(O)cc(O)c2c1O[C@H](c1ccc(O)c(O)c1)[C@H](O)C2. The Kier molecular flexibility index (Phi) is 6.24. The Hall–Kier alpha value is -5.20. The van der Waals surface area contributed by atoms with Crippen molar-refractivity contribution in [3.63, 3.8) is 0 Å². The number of phenols is 8. The molecule has 2 heterocycles. The molecule has 0 aromatic heterocycles. The molecule has 2 aliphatic heterocycles. The Bertz CT molecular complexity index is 1720. The summed E-state index contributed by atoms with van der Waals surface area (Å²) in [5, 5.41) is 105. The van der Waals surface area contributed by atoms with Crippen molar-refractivity contribution in [1.29, 1.82) is 0 Å². The van der Waals surface area contributed by atoms with Crippen LogP contribution in [-0.4, -0.2) is 63.3 Å². The molecule has 4 aromatic rings. The molecule has 0 amide bonds. The van der Waals surface area contributed by atoms with Crippen molar-refractivity contribution in [2.75, 3.05) is 0 Å². The molecule has 6 rings (SSSR count). The van der Waals surface area contributed by atoms with Crippen molar-refractivity contribution in [2.45, 2.75) is 36.8 Å². The normalized spacial score (nSPS) is 22.9. The molecule has 2 aliphatic rings. The summed E-state index contributed by atoms with van der Waals surface area (Å²) in [5.41, 5.74) is 0.435. The summed E-state index contributed by atoms with van der Waals surface area (Å²) in [6, 6.07) is 10.8. The van der Waals surface area contributed by atoms with Gasteiger partial charge in [-0.15, -0.1) is 0 Å². The van der Waals surface area contributed by atoms with Gasteiger partial charge in [-0.2, -0.15) is 0 Å². The van der Waals surface area contributed by atoms with Gasteiger partial charge in [0.2, 0.25) is 0 Å². The van der Waals surface area contributed by atoms with Gasteiger partial charge in [0.25, 0.3) is 0 Å². The highest BCUT2D eigenvalue weighted by atomic mass is 16.5. The summed E-state index contributed by atoms with van der Waals surface area (Å²) in [7, 11) is 0. The van der Waals surface area contributed by atoms with Gasteiger partial charge in [-0.3, -0.25) is 0 Å². The first kappa shape index (κ1) is 27.0. The van der Waals surface area contributed by atoms with E-state index in [0.717, 1.165) is 12.1 Å². The zero-order chi connectivity index (χ0) is 30.0. The zero-order valence-electron chi connectivity index (χ0n) is 21.6. The monoisotopic (exact) mass is 578 g/mol. The molecule has 12 heteroatoms. The molecule has 0 unspecified atom stereocenters. The van der Waals surface area contributed by atoms with E-state index in [1.165, 1.54) is 42.5 Å². The topological polar surface area (TPSA) is 221 Å². The van der Waals surface area contributed by atoms with Gasteiger partial charge >= 0.3 is 0 Å². The fourth-order valence-electron chi connectivity index (χ4n) is 5.71. The van der Waals surface area contributed by atoms with E-state index >= 15 is 0 Å². The van der Waals surface area contributed by atoms with Gasteiger partial charge in [0.05, 0.1) is 12.0 Å². The van der Waals surface area contributed by atoms with Crippen LogP contribution in [0.5, 0.6) is 57.5 Å². The van der Waals surface area contributed by atoms with E-state index in [2.05, 4.69) is 0 Å². The van der Waals surface area contributed by atoms with Crippen LogP contribution in [0.25, 0.3) is 0 Å². The van der Waals surface area contributed by atoms with Crippen molar-refractivity contribution in [2.24, 2.45) is 0 Å². The second kappa shape index (κ2) is 9.72. The van der Waals surface area contributed by atoms with Crippen LogP contribution in [0.15, 0.2) is 54.6 Å². The van der Waals surface area contributed by atoms with E-state index in [-0.39, 0.29) is 51.5 Å². The smallest absolute Gasteiger partial charge is 0.157 e. The summed E-state index contributed by atoms with van der Waals surface area (Å²) in [4.78, 5) is 0. The maximum Gasteiger partial charge on any atom is 0.157 e. The van der Waals surface area contributed by atoms with Crippen LogP contribution in [0.4, 0.5) is 0 Å². The van der Waals surface area contributed by atoms with Crippen LogP contribution < -0.4 is 9.47 Å². The lowest BCUT2D eigenvalue weighted by Gasteiger charge is -2.40. The minimum atomic E-state index is -1.59. The highest BCUT2D eigenvalue weighted by molar-refractivity contribution is 5.65. The summed E-state index contributed by atoms with van der Waals surface area (Å²) in [5.74, 6) is -5.08. The minimum absolute atomic E-state index is 0.0312. The van der Waals surface area contributed by atoms with E-state index in [0.29, 0.717) is 0 Å². The molecular weight excluding hydrogens is 552 g/mol. The Morgan fingerprint density at radius 3 is 1.76 bits per heavy atom. The number of fused-ring (bicyclic) bond motifs is 2. The third-order valence-electron chi connectivity index (χ3n) is 7.67. The van der Waals surface area contributed by atoms with Crippen LogP contribution in [-0.2, 0) is 6.42 Å². The molecule has 0 spiro atoms. The van der Waals surface area contributed by atoms with Crippen LogP contribution >= 0.6 is 0 Å². The average Bonchev–Trinajstić information content (AvgIpc) is 2.93. The number of benzene rings is 4. The predicted molar refractivity (Wildman–Crippen MR) is 143 cm³/mol. The molecule has 0 saturated heterocycles. The Balaban J connectivity index is 1.55. The maximum absolute atomic E-state index is 11.8. The Labute approximate surface area is 237 Å². The molecule has 0 aliphatic carbocycles. The molecule has 4 aromatic carbocycles. The van der Waals surface area contributed by atoms with Crippen molar-refractivity contribution in [3.8, 4) is 57.5 Å². The van der Waals surface area contributed by atoms with Crippen molar-refractivity contribution in [3.05, 3.63) is 82.4 Å². The first-order valence-electron chi connectivity index (χ1n) is 12.8. The van der Waals surface area contributed by atoms with Gasteiger partial charge in [-0.05, 0) is 35.4 Å². The van der Waals surface area contributed by atoms with Gasteiger partial charge in [0, 0.05) is 41.3 Å². The van der Waals surface area contributed by atoms with Gasteiger partial charge in [-0.1, -0.05) is 12.1 Å². The van der Waals surface area contributed by atoms with Crippen molar-refractivity contribution in [1.82, 2.24) is 0 Å². The van der Waals surface area contributed by atoms with Crippen LogP contribution in [0.3, 0.4) is 0 Å². The third-order valence-corrected chi connectivity index (χ3v) is 7.67. The second-order valence-electron chi connectivity index (χ2n) is 10.3. The number of aromatic hydroxyl groups is 8. The second-order valence-corrected chi connectivity index (χ2v) is 10.3. The minimum Gasteiger partial charge on any atom is -0.508 e. The lowest BCUT2D eigenvalue weighted by atomic mass is 9.77. The molecule has 10 N–H and O–H groups in total. The molecule has 5 atom stereocenters. The number of hydrogen-bond acceptors (Lipinski definition) is 12. The van der Waals surface area contributed by atoms with E-state index < -0.39 is 70.6 Å². The Morgan fingerprint density at radius 2 is 1.14 bits per heavy atom. The number of rotatable bonds is 3. The number of phenolic OH excluding ortho intramolecular Hbond substituents is 8. The van der Waals surface area contributed by atoms with E-state index in [4.69, 9.17) is 9.47 Å². The van der Waals surface area contributed by atoms with Gasteiger partial charge < -0.3 is 60.5 Å². The molecule has 12 nitrogen and oxygen atoms in total. The fraction of sp³-hybridized carbons (Fsp3) is 0.200. The number of ether oxygens (including phenoxy) is 2. The van der Waals surface area contributed by atoms with Crippen LogP contribution in [0.1, 0.15) is 45.9 Å². The van der Waals surface area contributed by atoms with E-state index in [9.17, 15) is 51.1 Å². The number of hydrogen-bond donors (Lipinski definition) is 10. The van der Waals surface area contributed by atoms with Crippen LogP contribution in [0.2, 0.25) is 0 Å². The van der Waals surface area contributed by atoms with Crippen molar-refractivity contribution >= 4 is 0 Å². The van der Waals surface area contributed by atoms with Gasteiger partial charge in [-0.25, -0.2) is 0 Å². The molecular formula is C30H26O12. The molecule has 0 fully saturated rings. The lowest BCUT2D eigenvalue weighted by Crippen LogP contribution is -2.36. The first-order valence-corrected chi connectivity index (χ1v) is 12.8. The largest absolute Gasteiger partial charge is 0.508 e. The average molecular weight is 579 g/mol. The highest BCUT2D eigenvalue weighted by Gasteiger charge is 2.46. The lowest BCUT2D eigenvalue weighted by molar-refractivity contribution is 0.00115. The quantitative estimate of drug-likeness (QED) is 0.159. The predicted octanol–water partition coefficient (Wildman–Crippen LogP) is 3.00. The van der Waals surface area contributed by atoms with E-state index in [1.54, 1.807) is 0 Å². The summed E-state index contributed by atoms with van der Waals surface area (Å²) in [6.45, 7) is 0. The third kappa shape index (κ3) is 4.24. The number of aliphatic hydroxyl groups is 2. The molecule has 42 heavy (non-hydrogen) atoms.